The van der Waals surface area contributed by atoms with Gasteiger partial charge in [-0.15, -0.1) is 24.0 Å². The predicted octanol–water partition coefficient (Wildman–Crippen LogP) is 3.09. The van der Waals surface area contributed by atoms with Gasteiger partial charge in [-0.3, -0.25) is 4.99 Å². The third kappa shape index (κ3) is 5.08. The molecule has 1 aromatic carbocycles. The largest absolute Gasteiger partial charge is 0.444 e. The maximum absolute atomic E-state index is 13.9. The van der Waals surface area contributed by atoms with Crippen molar-refractivity contribution in [2.24, 2.45) is 4.99 Å². The van der Waals surface area contributed by atoms with Crippen LogP contribution in [-0.4, -0.2) is 49.1 Å². The second kappa shape index (κ2) is 9.34. The number of aromatic nitrogens is 1. The van der Waals surface area contributed by atoms with Crippen molar-refractivity contribution in [2.75, 3.05) is 38.1 Å². The summed E-state index contributed by atoms with van der Waals surface area (Å²) in [6, 6.07) is 3.54. The van der Waals surface area contributed by atoms with E-state index < -0.39 is 11.6 Å². The van der Waals surface area contributed by atoms with Crippen molar-refractivity contribution in [1.29, 1.82) is 0 Å². The summed E-state index contributed by atoms with van der Waals surface area (Å²) in [7, 11) is 1.72. The number of benzene rings is 1. The molecule has 27 heavy (non-hydrogen) atoms. The van der Waals surface area contributed by atoms with E-state index in [1.807, 2.05) is 18.7 Å². The van der Waals surface area contributed by atoms with Gasteiger partial charge in [0.15, 0.2) is 5.96 Å². The fourth-order valence-electron chi connectivity index (χ4n) is 2.99. The molecule has 148 valence electrons. The zero-order chi connectivity index (χ0) is 18.7. The van der Waals surface area contributed by atoms with Crippen molar-refractivity contribution >= 4 is 35.6 Å². The van der Waals surface area contributed by atoms with E-state index in [0.29, 0.717) is 44.3 Å². The fraction of sp³-hybridized carbons (Fsp3) is 0.444. The molecule has 1 fully saturated rings. The van der Waals surface area contributed by atoms with Crippen LogP contribution in [0.15, 0.2) is 27.6 Å². The zero-order valence-corrected chi connectivity index (χ0v) is 18.0. The molecule has 6 nitrogen and oxygen atoms in total. The number of guanidine groups is 1. The molecule has 0 spiro atoms. The van der Waals surface area contributed by atoms with Crippen molar-refractivity contribution in [3.63, 3.8) is 0 Å². The molecular weight excluding hydrogens is 467 g/mol. The van der Waals surface area contributed by atoms with Gasteiger partial charge in [0.1, 0.15) is 17.4 Å². The number of anilines is 1. The van der Waals surface area contributed by atoms with Gasteiger partial charge in [0, 0.05) is 39.3 Å². The van der Waals surface area contributed by atoms with E-state index in [1.165, 1.54) is 6.07 Å². The minimum absolute atomic E-state index is 0. The average molecular weight is 491 g/mol. The third-order valence-corrected chi connectivity index (χ3v) is 4.51. The molecule has 0 amide bonds. The van der Waals surface area contributed by atoms with Crippen LogP contribution in [0.2, 0.25) is 0 Å². The van der Waals surface area contributed by atoms with E-state index in [9.17, 15) is 8.78 Å². The Labute approximate surface area is 174 Å². The minimum Gasteiger partial charge on any atom is -0.444 e. The van der Waals surface area contributed by atoms with Gasteiger partial charge < -0.3 is 19.5 Å². The zero-order valence-electron chi connectivity index (χ0n) is 15.6. The molecule has 1 saturated heterocycles. The molecule has 1 aromatic heterocycles. The summed E-state index contributed by atoms with van der Waals surface area (Å²) >= 11 is 0. The van der Waals surface area contributed by atoms with Gasteiger partial charge in [-0.2, -0.15) is 0 Å². The lowest BCUT2D eigenvalue weighted by Crippen LogP contribution is -2.52. The lowest BCUT2D eigenvalue weighted by atomic mass is 10.2. The Hall–Kier alpha value is -1.91. The molecule has 1 N–H and O–H groups in total. The summed E-state index contributed by atoms with van der Waals surface area (Å²) in [5.41, 5.74) is 1.18. The maximum Gasteiger partial charge on any atom is 0.214 e. The van der Waals surface area contributed by atoms with E-state index in [0.717, 1.165) is 29.5 Å². The van der Waals surface area contributed by atoms with Gasteiger partial charge in [-0.1, -0.05) is 0 Å². The molecule has 2 aromatic rings. The standard InChI is InChI=1S/C18H23F2N5O.HI/c1-12-13(2)26-17(23-12)11-22-18(21-3)25-8-6-24(7-9-25)16-10-14(19)4-5-15(16)20;/h4-5,10H,6-9,11H2,1-3H3,(H,21,22);1H. The van der Waals surface area contributed by atoms with Crippen LogP contribution in [0.1, 0.15) is 17.3 Å². The Kier molecular flexibility index (Phi) is 7.40. The van der Waals surface area contributed by atoms with Gasteiger partial charge in [0.2, 0.25) is 5.89 Å². The molecule has 9 heteroatoms. The summed E-state index contributed by atoms with van der Waals surface area (Å²) in [5, 5.41) is 3.24. The number of aryl methyl sites for hydroxylation is 2. The van der Waals surface area contributed by atoms with Crippen LogP contribution in [0, 0.1) is 25.5 Å². The van der Waals surface area contributed by atoms with Crippen molar-refractivity contribution in [1.82, 2.24) is 15.2 Å². The highest BCUT2D eigenvalue weighted by Gasteiger charge is 2.22. The lowest BCUT2D eigenvalue weighted by Gasteiger charge is -2.37. The SMILES string of the molecule is CN=C(NCc1nc(C)c(C)o1)N1CCN(c2cc(F)ccc2F)CC1.I. The second-order valence-electron chi connectivity index (χ2n) is 6.22. The maximum atomic E-state index is 13.9. The van der Waals surface area contributed by atoms with E-state index in [-0.39, 0.29) is 24.0 Å². The number of hydrogen-bond donors (Lipinski definition) is 1. The Balaban J connectivity index is 0.00000261. The number of nitrogens with zero attached hydrogens (tertiary/aromatic N) is 4. The van der Waals surface area contributed by atoms with Crippen LogP contribution in [0.3, 0.4) is 0 Å². The highest BCUT2D eigenvalue weighted by atomic mass is 127. The molecule has 0 radical (unpaired) electrons. The molecule has 0 unspecified atom stereocenters. The highest BCUT2D eigenvalue weighted by molar-refractivity contribution is 14.0. The number of oxazole rings is 1. The number of nitrogens with one attached hydrogen (secondary N) is 1. The van der Waals surface area contributed by atoms with Gasteiger partial charge in [0.05, 0.1) is 17.9 Å². The van der Waals surface area contributed by atoms with Crippen molar-refractivity contribution in [3.05, 3.63) is 47.2 Å². The van der Waals surface area contributed by atoms with Gasteiger partial charge in [0.25, 0.3) is 0 Å². The number of halogens is 3. The van der Waals surface area contributed by atoms with Gasteiger partial charge in [-0.05, 0) is 26.0 Å². The molecule has 1 aliphatic heterocycles. The van der Waals surface area contributed by atoms with E-state index in [4.69, 9.17) is 4.42 Å². The van der Waals surface area contributed by atoms with E-state index >= 15 is 0 Å². The lowest BCUT2D eigenvalue weighted by molar-refractivity contribution is 0.366. The molecule has 0 saturated carbocycles. The van der Waals surface area contributed by atoms with Crippen LogP contribution < -0.4 is 10.2 Å². The van der Waals surface area contributed by atoms with Crippen LogP contribution >= 0.6 is 24.0 Å². The summed E-state index contributed by atoms with van der Waals surface area (Å²) in [5.74, 6) is 1.32. The number of piperazine rings is 1. The first kappa shape index (κ1) is 21.4. The molecule has 1 aliphatic rings. The van der Waals surface area contributed by atoms with Crippen molar-refractivity contribution in [2.45, 2.75) is 20.4 Å². The minimum atomic E-state index is -0.433. The van der Waals surface area contributed by atoms with Crippen LogP contribution in [-0.2, 0) is 6.54 Å². The van der Waals surface area contributed by atoms with Crippen molar-refractivity contribution < 1.29 is 13.2 Å². The Morgan fingerprint density at radius 2 is 1.93 bits per heavy atom. The Morgan fingerprint density at radius 3 is 2.52 bits per heavy atom. The molecule has 2 heterocycles. The van der Waals surface area contributed by atoms with Crippen LogP contribution in [0.5, 0.6) is 0 Å². The molecular formula is C18H24F2IN5O. The molecule has 3 rings (SSSR count). The first-order valence-electron chi connectivity index (χ1n) is 8.56. The highest BCUT2D eigenvalue weighted by Crippen LogP contribution is 2.22. The van der Waals surface area contributed by atoms with E-state index in [1.54, 1.807) is 7.05 Å². The second-order valence-corrected chi connectivity index (χ2v) is 6.22. The summed E-state index contributed by atoms with van der Waals surface area (Å²) in [6.07, 6.45) is 0. The summed E-state index contributed by atoms with van der Waals surface area (Å²) in [4.78, 5) is 12.6. The molecule has 0 atom stereocenters. The Morgan fingerprint density at radius 1 is 1.22 bits per heavy atom. The topological polar surface area (TPSA) is 56.9 Å². The Bertz CT molecular complexity index is 784. The van der Waals surface area contributed by atoms with Crippen molar-refractivity contribution in [3.8, 4) is 0 Å². The third-order valence-electron chi connectivity index (χ3n) is 4.51. The first-order chi connectivity index (χ1) is 12.5. The summed E-state index contributed by atoms with van der Waals surface area (Å²) < 4.78 is 32.9. The van der Waals surface area contributed by atoms with Crippen LogP contribution in [0.25, 0.3) is 0 Å². The first-order valence-corrected chi connectivity index (χ1v) is 8.56. The van der Waals surface area contributed by atoms with Gasteiger partial charge >= 0.3 is 0 Å². The summed E-state index contributed by atoms with van der Waals surface area (Å²) in [6.45, 7) is 6.70. The molecule has 0 bridgehead atoms. The number of hydrogen-bond acceptors (Lipinski definition) is 4. The predicted molar refractivity (Wildman–Crippen MR) is 112 cm³/mol. The van der Waals surface area contributed by atoms with Gasteiger partial charge in [-0.25, -0.2) is 13.8 Å². The fourth-order valence-corrected chi connectivity index (χ4v) is 2.99. The normalized spacial score (nSPS) is 14.9. The quantitative estimate of drug-likeness (QED) is 0.407. The molecule has 0 aliphatic carbocycles. The monoisotopic (exact) mass is 491 g/mol. The smallest absolute Gasteiger partial charge is 0.214 e. The number of rotatable bonds is 3. The number of aliphatic imine (C=N–C) groups is 1. The van der Waals surface area contributed by atoms with E-state index in [2.05, 4.69) is 20.2 Å². The van der Waals surface area contributed by atoms with Crippen LogP contribution in [0.4, 0.5) is 14.5 Å². The average Bonchev–Trinajstić information content (AvgIpc) is 2.96.